The first kappa shape index (κ1) is 16.0. The number of benzene rings is 2. The zero-order chi connectivity index (χ0) is 16.2. The van der Waals surface area contributed by atoms with E-state index in [1.54, 1.807) is 45.2 Å². The second-order valence-corrected chi connectivity index (χ2v) is 5.91. The highest BCUT2D eigenvalue weighted by Gasteiger charge is 2.20. The van der Waals surface area contributed by atoms with Gasteiger partial charge in [0.15, 0.2) is 0 Å². The lowest BCUT2D eigenvalue weighted by Gasteiger charge is -2.25. The highest BCUT2D eigenvalue weighted by molar-refractivity contribution is 5.94. The minimum Gasteiger partial charge on any atom is -0.457 e. The van der Waals surface area contributed by atoms with E-state index in [0.29, 0.717) is 11.3 Å². The van der Waals surface area contributed by atoms with Crippen LogP contribution in [0.25, 0.3) is 0 Å². The predicted molar refractivity (Wildman–Crippen MR) is 86.2 cm³/mol. The molecule has 1 N–H and O–H groups in total. The van der Waals surface area contributed by atoms with E-state index in [2.05, 4.69) is 0 Å². The number of nitrogens with zero attached hydrogens (tertiary/aromatic N) is 1. The summed E-state index contributed by atoms with van der Waals surface area (Å²) in [5, 5.41) is 9.78. The molecule has 0 heterocycles. The van der Waals surface area contributed by atoms with E-state index in [1.165, 1.54) is 4.90 Å². The molecule has 2 rings (SSSR count). The molecule has 0 saturated carbocycles. The fraction of sp³-hybridized carbons (Fsp3) is 0.278. The van der Waals surface area contributed by atoms with Crippen molar-refractivity contribution in [2.75, 3.05) is 13.6 Å². The molecule has 116 valence electrons. The predicted octanol–water partition coefficient (Wildman–Crippen LogP) is 3.32. The molecule has 0 aliphatic carbocycles. The topological polar surface area (TPSA) is 49.8 Å². The summed E-state index contributed by atoms with van der Waals surface area (Å²) in [4.78, 5) is 13.8. The van der Waals surface area contributed by atoms with Crippen molar-refractivity contribution in [2.45, 2.75) is 19.4 Å². The van der Waals surface area contributed by atoms with Crippen molar-refractivity contribution in [2.24, 2.45) is 0 Å². The fourth-order valence-corrected chi connectivity index (χ4v) is 2.16. The number of para-hydroxylation sites is 1. The van der Waals surface area contributed by atoms with Gasteiger partial charge in [0.25, 0.3) is 5.91 Å². The van der Waals surface area contributed by atoms with Crippen molar-refractivity contribution in [1.82, 2.24) is 4.90 Å². The summed E-state index contributed by atoms with van der Waals surface area (Å²) in [5.74, 6) is 1.29. The highest BCUT2D eigenvalue weighted by atomic mass is 16.5. The lowest BCUT2D eigenvalue weighted by molar-refractivity contribution is 0.0368. The van der Waals surface area contributed by atoms with Gasteiger partial charge in [-0.3, -0.25) is 4.79 Å². The van der Waals surface area contributed by atoms with Crippen LogP contribution in [-0.2, 0) is 0 Å². The molecule has 0 radical (unpaired) electrons. The molecule has 0 bridgehead atoms. The van der Waals surface area contributed by atoms with E-state index in [9.17, 15) is 9.90 Å². The number of carbonyl (C=O) groups is 1. The Morgan fingerprint density at radius 2 is 1.59 bits per heavy atom. The lowest BCUT2D eigenvalue weighted by atomic mass is 10.1. The molecule has 1 amide bonds. The molecule has 0 aliphatic rings. The smallest absolute Gasteiger partial charge is 0.253 e. The quantitative estimate of drug-likeness (QED) is 0.921. The van der Waals surface area contributed by atoms with Gasteiger partial charge < -0.3 is 14.7 Å². The highest BCUT2D eigenvalue weighted by Crippen LogP contribution is 2.21. The Hall–Kier alpha value is -2.33. The molecule has 0 fully saturated rings. The van der Waals surface area contributed by atoms with E-state index < -0.39 is 5.60 Å². The van der Waals surface area contributed by atoms with Crippen LogP contribution in [0.15, 0.2) is 54.6 Å². The summed E-state index contributed by atoms with van der Waals surface area (Å²) in [5.41, 5.74) is -0.354. The lowest BCUT2D eigenvalue weighted by Crippen LogP contribution is -2.39. The zero-order valence-corrected chi connectivity index (χ0v) is 13.1. The molecule has 0 aromatic heterocycles. The summed E-state index contributed by atoms with van der Waals surface area (Å²) in [6.45, 7) is 3.62. The van der Waals surface area contributed by atoms with Crippen molar-refractivity contribution < 1.29 is 14.6 Å². The van der Waals surface area contributed by atoms with Crippen LogP contribution < -0.4 is 4.74 Å². The molecule has 0 spiro atoms. The largest absolute Gasteiger partial charge is 0.457 e. The summed E-state index contributed by atoms with van der Waals surface area (Å²) in [6, 6.07) is 16.4. The number of amides is 1. The summed E-state index contributed by atoms with van der Waals surface area (Å²) in [7, 11) is 1.68. The molecular weight excluding hydrogens is 278 g/mol. The van der Waals surface area contributed by atoms with Crippen molar-refractivity contribution in [3.63, 3.8) is 0 Å². The molecule has 0 aliphatic heterocycles. The maximum atomic E-state index is 12.3. The number of rotatable bonds is 5. The van der Waals surface area contributed by atoms with E-state index >= 15 is 0 Å². The summed E-state index contributed by atoms with van der Waals surface area (Å²) < 4.78 is 5.69. The fourth-order valence-electron chi connectivity index (χ4n) is 2.16. The summed E-state index contributed by atoms with van der Waals surface area (Å²) >= 11 is 0. The second-order valence-electron chi connectivity index (χ2n) is 5.91. The van der Waals surface area contributed by atoms with Crippen LogP contribution in [-0.4, -0.2) is 35.1 Å². The third kappa shape index (κ3) is 4.60. The zero-order valence-electron chi connectivity index (χ0n) is 13.1. The number of likely N-dealkylation sites (N-methyl/N-ethyl adjacent to an activating group) is 1. The Morgan fingerprint density at radius 3 is 2.14 bits per heavy atom. The Morgan fingerprint density at radius 1 is 1.05 bits per heavy atom. The molecular formula is C18H21NO3. The Balaban J connectivity index is 2.04. The van der Waals surface area contributed by atoms with Crippen molar-refractivity contribution in [3.8, 4) is 11.5 Å². The minimum absolute atomic E-state index is 0.131. The van der Waals surface area contributed by atoms with Crippen molar-refractivity contribution in [3.05, 3.63) is 60.2 Å². The van der Waals surface area contributed by atoms with Gasteiger partial charge in [-0.2, -0.15) is 0 Å². The Labute approximate surface area is 131 Å². The minimum atomic E-state index is -0.916. The molecule has 4 heteroatoms. The molecule has 0 atom stereocenters. The van der Waals surface area contributed by atoms with E-state index in [0.717, 1.165) is 5.75 Å². The first-order chi connectivity index (χ1) is 10.3. The van der Waals surface area contributed by atoms with Gasteiger partial charge in [-0.1, -0.05) is 18.2 Å². The molecule has 0 unspecified atom stereocenters. The monoisotopic (exact) mass is 299 g/mol. The average molecular weight is 299 g/mol. The van der Waals surface area contributed by atoms with Crippen LogP contribution in [0.1, 0.15) is 24.2 Å². The second kappa shape index (κ2) is 6.62. The first-order valence-corrected chi connectivity index (χ1v) is 7.16. The number of hydrogen-bond donors (Lipinski definition) is 1. The SMILES string of the molecule is CN(CC(C)(C)O)C(=O)c1ccc(Oc2ccccc2)cc1. The van der Waals surface area contributed by atoms with Gasteiger partial charge in [-0.15, -0.1) is 0 Å². The van der Waals surface area contributed by atoms with Gasteiger partial charge in [0.2, 0.25) is 0 Å². The van der Waals surface area contributed by atoms with Gasteiger partial charge in [-0.25, -0.2) is 0 Å². The average Bonchev–Trinajstić information content (AvgIpc) is 2.46. The maximum absolute atomic E-state index is 12.3. The molecule has 2 aromatic rings. The number of hydrogen-bond acceptors (Lipinski definition) is 3. The molecule has 4 nitrogen and oxygen atoms in total. The van der Waals surface area contributed by atoms with Gasteiger partial charge in [0.1, 0.15) is 11.5 Å². The third-order valence-corrected chi connectivity index (χ3v) is 3.05. The van der Waals surface area contributed by atoms with E-state index in [-0.39, 0.29) is 12.5 Å². The van der Waals surface area contributed by atoms with E-state index in [1.807, 2.05) is 30.3 Å². The Bertz CT molecular complexity index is 615. The van der Waals surface area contributed by atoms with Crippen LogP contribution in [0.4, 0.5) is 0 Å². The first-order valence-electron chi connectivity index (χ1n) is 7.16. The number of ether oxygens (including phenoxy) is 1. The van der Waals surface area contributed by atoms with Crippen molar-refractivity contribution in [1.29, 1.82) is 0 Å². The Kier molecular flexibility index (Phi) is 4.83. The number of carbonyl (C=O) groups excluding carboxylic acids is 1. The molecule has 22 heavy (non-hydrogen) atoms. The van der Waals surface area contributed by atoms with Crippen molar-refractivity contribution >= 4 is 5.91 Å². The third-order valence-electron chi connectivity index (χ3n) is 3.05. The van der Waals surface area contributed by atoms with Crippen LogP contribution in [0.5, 0.6) is 11.5 Å². The van der Waals surface area contributed by atoms with Gasteiger partial charge in [0, 0.05) is 19.2 Å². The van der Waals surface area contributed by atoms with Crippen LogP contribution >= 0.6 is 0 Å². The molecule has 0 saturated heterocycles. The number of aliphatic hydroxyl groups is 1. The standard InChI is InChI=1S/C18H21NO3/c1-18(2,21)13-19(3)17(20)14-9-11-16(12-10-14)22-15-7-5-4-6-8-15/h4-12,21H,13H2,1-3H3. The normalized spacial score (nSPS) is 11.1. The van der Waals surface area contributed by atoms with E-state index in [4.69, 9.17) is 4.74 Å². The van der Waals surface area contributed by atoms with Gasteiger partial charge in [-0.05, 0) is 50.2 Å². The van der Waals surface area contributed by atoms with Crippen LogP contribution in [0.2, 0.25) is 0 Å². The van der Waals surface area contributed by atoms with Gasteiger partial charge in [0.05, 0.1) is 5.60 Å². The molecule has 2 aromatic carbocycles. The van der Waals surface area contributed by atoms with Gasteiger partial charge >= 0.3 is 0 Å². The van der Waals surface area contributed by atoms with Crippen LogP contribution in [0.3, 0.4) is 0 Å². The summed E-state index contributed by atoms with van der Waals surface area (Å²) in [6.07, 6.45) is 0. The van der Waals surface area contributed by atoms with Crippen LogP contribution in [0, 0.1) is 0 Å². The maximum Gasteiger partial charge on any atom is 0.253 e.